The maximum atomic E-state index is 6.09. The lowest BCUT2D eigenvalue weighted by molar-refractivity contribution is -0.0499. The molecular formula is C21H28N4O. The molecular weight excluding hydrogens is 324 g/mol. The molecule has 0 amide bonds. The van der Waals surface area contributed by atoms with Crippen molar-refractivity contribution in [1.29, 1.82) is 0 Å². The van der Waals surface area contributed by atoms with Gasteiger partial charge in [0, 0.05) is 37.8 Å². The van der Waals surface area contributed by atoms with Gasteiger partial charge in [0.15, 0.2) is 0 Å². The number of benzene rings is 1. The van der Waals surface area contributed by atoms with Crippen LogP contribution in [0, 0.1) is 0 Å². The number of hydrogen-bond donors (Lipinski definition) is 0. The molecule has 2 fully saturated rings. The lowest BCUT2D eigenvalue weighted by Gasteiger charge is -2.36. The highest BCUT2D eigenvalue weighted by molar-refractivity contribution is 5.41. The van der Waals surface area contributed by atoms with Crippen molar-refractivity contribution >= 4 is 5.82 Å². The van der Waals surface area contributed by atoms with Gasteiger partial charge in [-0.05, 0) is 11.6 Å². The van der Waals surface area contributed by atoms with Crippen LogP contribution in [0.25, 0.3) is 0 Å². The highest BCUT2D eigenvalue weighted by Crippen LogP contribution is 2.28. The lowest BCUT2D eigenvalue weighted by atomic mass is 9.96. The van der Waals surface area contributed by atoms with Crippen LogP contribution in [0.5, 0.6) is 0 Å². The third kappa shape index (κ3) is 3.60. The van der Waals surface area contributed by atoms with E-state index >= 15 is 0 Å². The van der Waals surface area contributed by atoms with Crippen molar-refractivity contribution in [2.45, 2.75) is 44.9 Å². The molecule has 2 saturated heterocycles. The first-order valence-electron chi connectivity index (χ1n) is 9.49. The van der Waals surface area contributed by atoms with E-state index in [1.54, 1.807) is 0 Å². The highest BCUT2D eigenvalue weighted by atomic mass is 16.5. The minimum absolute atomic E-state index is 0.0433. The van der Waals surface area contributed by atoms with E-state index in [0.717, 1.165) is 44.4 Å². The maximum Gasteiger partial charge on any atom is 0.135 e. The molecule has 2 aliphatic rings. The molecule has 5 heteroatoms. The number of fused-ring (bicyclic) bond motifs is 1. The van der Waals surface area contributed by atoms with Crippen LogP contribution in [0.15, 0.2) is 42.6 Å². The van der Waals surface area contributed by atoms with E-state index in [1.165, 1.54) is 5.56 Å². The van der Waals surface area contributed by atoms with Crippen molar-refractivity contribution in [3.63, 3.8) is 0 Å². The number of morpholine rings is 1. The lowest BCUT2D eigenvalue weighted by Crippen LogP contribution is -2.50. The van der Waals surface area contributed by atoms with E-state index in [4.69, 9.17) is 9.72 Å². The zero-order chi connectivity index (χ0) is 18.1. The van der Waals surface area contributed by atoms with Gasteiger partial charge in [-0.2, -0.15) is 0 Å². The molecule has 26 heavy (non-hydrogen) atoms. The van der Waals surface area contributed by atoms with Crippen LogP contribution in [0.1, 0.15) is 32.2 Å². The second kappa shape index (κ2) is 6.97. The van der Waals surface area contributed by atoms with Crippen molar-refractivity contribution < 1.29 is 4.74 Å². The molecule has 5 nitrogen and oxygen atoms in total. The van der Waals surface area contributed by atoms with Gasteiger partial charge < -0.3 is 9.64 Å². The Balaban J connectivity index is 1.51. The van der Waals surface area contributed by atoms with E-state index in [1.807, 2.05) is 12.3 Å². The standard InChI is InChI=1S/C21H28N4O/c1-21(2,3)20-22-10-9-19(23-20)25-14-17-18(15-25)26-12-11-24(17)13-16-7-5-4-6-8-16/h4-10,17-18H,11-15H2,1-3H3. The van der Waals surface area contributed by atoms with E-state index in [9.17, 15) is 0 Å². The first-order chi connectivity index (χ1) is 12.5. The summed E-state index contributed by atoms with van der Waals surface area (Å²) in [6.45, 7) is 11.1. The van der Waals surface area contributed by atoms with Crippen LogP contribution >= 0.6 is 0 Å². The van der Waals surface area contributed by atoms with Crippen molar-refractivity contribution in [2.75, 3.05) is 31.1 Å². The Labute approximate surface area is 156 Å². The second-order valence-corrected chi connectivity index (χ2v) is 8.33. The molecule has 2 aliphatic heterocycles. The number of aromatic nitrogens is 2. The molecule has 2 atom stereocenters. The predicted molar refractivity (Wildman–Crippen MR) is 103 cm³/mol. The van der Waals surface area contributed by atoms with Crippen LogP contribution in [-0.2, 0) is 16.7 Å². The monoisotopic (exact) mass is 352 g/mol. The Morgan fingerprint density at radius 2 is 1.92 bits per heavy atom. The Bertz CT molecular complexity index is 743. The largest absolute Gasteiger partial charge is 0.373 e. The summed E-state index contributed by atoms with van der Waals surface area (Å²) in [5.41, 5.74) is 1.32. The normalized spacial score (nSPS) is 23.9. The fraction of sp³-hybridized carbons (Fsp3) is 0.524. The number of rotatable bonds is 3. The average Bonchev–Trinajstić information content (AvgIpc) is 3.07. The van der Waals surface area contributed by atoms with Gasteiger partial charge in [0.2, 0.25) is 0 Å². The molecule has 1 aromatic heterocycles. The zero-order valence-corrected chi connectivity index (χ0v) is 15.9. The average molecular weight is 352 g/mol. The molecule has 0 spiro atoms. The Kier molecular flexibility index (Phi) is 4.67. The van der Waals surface area contributed by atoms with E-state index < -0.39 is 0 Å². The maximum absolute atomic E-state index is 6.09. The minimum Gasteiger partial charge on any atom is -0.373 e. The topological polar surface area (TPSA) is 41.5 Å². The SMILES string of the molecule is CC(C)(C)c1nccc(N2CC3OCCN(Cc4ccccc4)C3C2)n1. The van der Waals surface area contributed by atoms with Crippen LogP contribution in [0.4, 0.5) is 5.82 Å². The highest BCUT2D eigenvalue weighted by Gasteiger charge is 2.40. The number of anilines is 1. The molecule has 2 unspecified atom stereocenters. The summed E-state index contributed by atoms with van der Waals surface area (Å²) < 4.78 is 6.09. The first kappa shape index (κ1) is 17.4. The summed E-state index contributed by atoms with van der Waals surface area (Å²) in [5, 5.41) is 0. The van der Waals surface area contributed by atoms with Gasteiger partial charge in [-0.1, -0.05) is 51.1 Å². The minimum atomic E-state index is -0.0433. The van der Waals surface area contributed by atoms with Gasteiger partial charge in [0.1, 0.15) is 11.6 Å². The number of nitrogens with zero attached hydrogens (tertiary/aromatic N) is 4. The third-order valence-electron chi connectivity index (χ3n) is 5.28. The van der Waals surface area contributed by atoms with Crippen molar-refractivity contribution in [2.24, 2.45) is 0 Å². The summed E-state index contributed by atoms with van der Waals surface area (Å²) in [5.74, 6) is 1.91. The molecule has 0 bridgehead atoms. The van der Waals surface area contributed by atoms with Crippen molar-refractivity contribution in [3.8, 4) is 0 Å². The molecule has 4 rings (SSSR count). The van der Waals surface area contributed by atoms with Gasteiger partial charge in [0.25, 0.3) is 0 Å². The molecule has 138 valence electrons. The first-order valence-corrected chi connectivity index (χ1v) is 9.49. The number of hydrogen-bond acceptors (Lipinski definition) is 5. The van der Waals surface area contributed by atoms with Crippen molar-refractivity contribution in [1.82, 2.24) is 14.9 Å². The Morgan fingerprint density at radius 3 is 2.69 bits per heavy atom. The molecule has 0 saturated carbocycles. The van der Waals surface area contributed by atoms with E-state index in [2.05, 4.69) is 65.9 Å². The third-order valence-corrected chi connectivity index (χ3v) is 5.28. The predicted octanol–water partition coefficient (Wildman–Crippen LogP) is 2.86. The van der Waals surface area contributed by atoms with Crippen LogP contribution in [0.3, 0.4) is 0 Å². The summed E-state index contributed by atoms with van der Waals surface area (Å²) in [4.78, 5) is 14.2. The fourth-order valence-corrected chi connectivity index (χ4v) is 3.85. The van der Waals surface area contributed by atoms with Gasteiger partial charge in [0.05, 0.1) is 18.8 Å². The van der Waals surface area contributed by atoms with Gasteiger partial charge in [-0.25, -0.2) is 9.97 Å². The molecule has 0 N–H and O–H groups in total. The summed E-state index contributed by atoms with van der Waals surface area (Å²) >= 11 is 0. The van der Waals surface area contributed by atoms with Crippen LogP contribution < -0.4 is 4.90 Å². The van der Waals surface area contributed by atoms with Crippen LogP contribution in [-0.4, -0.2) is 53.3 Å². The van der Waals surface area contributed by atoms with E-state index in [-0.39, 0.29) is 11.5 Å². The van der Waals surface area contributed by atoms with Crippen molar-refractivity contribution in [3.05, 3.63) is 54.0 Å². The van der Waals surface area contributed by atoms with E-state index in [0.29, 0.717) is 6.04 Å². The quantitative estimate of drug-likeness (QED) is 0.850. The number of ether oxygens (including phenoxy) is 1. The van der Waals surface area contributed by atoms with Gasteiger partial charge in [-0.3, -0.25) is 4.90 Å². The molecule has 0 radical (unpaired) electrons. The molecule has 2 aromatic rings. The molecule has 0 aliphatic carbocycles. The van der Waals surface area contributed by atoms with Gasteiger partial charge in [-0.15, -0.1) is 0 Å². The summed E-state index contributed by atoms with van der Waals surface area (Å²) in [6.07, 6.45) is 2.13. The smallest absolute Gasteiger partial charge is 0.135 e. The summed E-state index contributed by atoms with van der Waals surface area (Å²) in [7, 11) is 0. The Morgan fingerprint density at radius 1 is 1.12 bits per heavy atom. The second-order valence-electron chi connectivity index (χ2n) is 8.33. The Hall–Kier alpha value is -1.98. The molecule has 3 heterocycles. The van der Waals surface area contributed by atoms with Gasteiger partial charge >= 0.3 is 0 Å². The fourth-order valence-electron chi connectivity index (χ4n) is 3.85. The van der Waals surface area contributed by atoms with Crippen LogP contribution in [0.2, 0.25) is 0 Å². The molecule has 1 aromatic carbocycles. The zero-order valence-electron chi connectivity index (χ0n) is 15.9. The summed E-state index contributed by atoms with van der Waals surface area (Å²) in [6, 6.07) is 13.1.